The summed E-state index contributed by atoms with van der Waals surface area (Å²) in [4.78, 5) is 154. The lowest BCUT2D eigenvalue weighted by molar-refractivity contribution is -0.140. The van der Waals surface area contributed by atoms with Crippen molar-refractivity contribution in [2.24, 2.45) is 17.2 Å². The van der Waals surface area contributed by atoms with Gasteiger partial charge in [-0.1, -0.05) is 42.5 Å². The summed E-state index contributed by atoms with van der Waals surface area (Å²) in [5.41, 5.74) is 18.5. The lowest BCUT2D eigenvalue weighted by atomic mass is 10.0. The number of carboxylic acid groups (broad SMARTS) is 1. The molecule has 2 aromatic carbocycles. The lowest BCUT2D eigenvalue weighted by Crippen LogP contribution is -2.60. The highest BCUT2D eigenvalue weighted by Crippen LogP contribution is 2.18. The molecule has 10 amide bonds. The Labute approximate surface area is 453 Å². The molecule has 0 unspecified atom stereocenters. The lowest BCUT2D eigenvalue weighted by Gasteiger charge is -2.28. The highest BCUT2D eigenvalue weighted by molar-refractivity contribution is 5.99. The summed E-state index contributed by atoms with van der Waals surface area (Å²) in [6.07, 6.45) is 1.19. The van der Waals surface area contributed by atoms with Crippen LogP contribution in [-0.4, -0.2) is 188 Å². The van der Waals surface area contributed by atoms with Crippen molar-refractivity contribution in [1.29, 1.82) is 0 Å². The van der Waals surface area contributed by atoms with E-state index >= 15 is 0 Å². The van der Waals surface area contributed by atoms with Crippen LogP contribution < -0.4 is 59.7 Å². The van der Waals surface area contributed by atoms with Gasteiger partial charge in [0.25, 0.3) is 0 Å². The summed E-state index contributed by atoms with van der Waals surface area (Å²) < 4.78 is 0. The third-order valence-electron chi connectivity index (χ3n) is 12.5. The van der Waals surface area contributed by atoms with Crippen LogP contribution in [0.3, 0.4) is 0 Å². The largest absolute Gasteiger partial charge is 0.508 e. The van der Waals surface area contributed by atoms with Gasteiger partial charge in [0.15, 0.2) is 0 Å². The molecule has 19 N–H and O–H groups in total. The number of aromatic nitrogens is 2. The molecule has 1 saturated heterocycles. The molecule has 9 atom stereocenters. The summed E-state index contributed by atoms with van der Waals surface area (Å²) in [7, 11) is 0. The van der Waals surface area contributed by atoms with E-state index in [1.807, 2.05) is 0 Å². The molecular weight excluding hydrogens is 1040 g/mol. The maximum absolute atomic E-state index is 14.2. The maximum atomic E-state index is 14.2. The van der Waals surface area contributed by atoms with Crippen LogP contribution in [0.5, 0.6) is 5.75 Å². The van der Waals surface area contributed by atoms with Gasteiger partial charge in [-0.15, -0.1) is 0 Å². The summed E-state index contributed by atoms with van der Waals surface area (Å²) in [6.45, 7) is -0.914. The van der Waals surface area contributed by atoms with Crippen molar-refractivity contribution >= 4 is 65.0 Å². The molecule has 3 aromatic rings. The Balaban J connectivity index is 1.46. The molecule has 0 aliphatic carbocycles. The fraction of sp³-hybridized carbons (Fsp3) is 0.480. The second kappa shape index (κ2) is 31.6. The van der Waals surface area contributed by atoms with Crippen molar-refractivity contribution < 1.29 is 73.2 Å². The number of hydrogen-bond donors (Lipinski definition) is 16. The Morgan fingerprint density at radius 2 is 1.24 bits per heavy atom. The minimum Gasteiger partial charge on any atom is -0.508 e. The molecule has 0 radical (unpaired) electrons. The van der Waals surface area contributed by atoms with Gasteiger partial charge in [-0.25, -0.2) is 4.98 Å². The van der Waals surface area contributed by atoms with E-state index in [-0.39, 0.29) is 57.4 Å². The van der Waals surface area contributed by atoms with E-state index in [9.17, 15) is 68.1 Å². The van der Waals surface area contributed by atoms with Crippen LogP contribution in [0.15, 0.2) is 67.1 Å². The van der Waals surface area contributed by atoms with E-state index in [0.717, 1.165) is 4.90 Å². The molecule has 29 heteroatoms. The number of nitrogens with two attached hydrogens (primary N) is 3. The third kappa shape index (κ3) is 20.7. The van der Waals surface area contributed by atoms with Crippen molar-refractivity contribution in [1.82, 2.24) is 57.4 Å². The van der Waals surface area contributed by atoms with Crippen LogP contribution in [0.1, 0.15) is 62.3 Å². The minimum absolute atomic E-state index is 0.0365. The number of likely N-dealkylation sites (tertiary alicyclic amines) is 1. The number of amides is 10. The van der Waals surface area contributed by atoms with E-state index < -0.39 is 146 Å². The number of aliphatic hydroxyl groups excluding tert-OH is 2. The standard InChI is InChI=1S/C50H70N14O15/c1-27(66)42(53)50(79)62-35(20-30-22-54-26-57-30)46(75)60-34(18-28-8-3-2-4-9-28)45(74)61-36(21-39(52)68)47(76)58-32(10-5-6-16-51)43(72)55-23-40(69)64-17-7-11-38(64)49(78)63-37(25-65)48(77)59-33(44(73)56-24-41(70)71)19-29-12-14-31(67)15-13-29/h2-4,8-9,12-15,22,26-27,32-38,42,65-67H,5-7,10-11,16-21,23-25,51,53H2,1H3,(H2,52,68)(H,54,57)(H,55,72)(H,56,73)(H,58,76)(H,59,77)(H,60,75)(H,61,74)(H,62,79)(H,63,78)(H,70,71)/t27-,32+,33+,34+,35+,36+,37+,38+,42+/m1/s1. The number of carboxylic acids is 1. The van der Waals surface area contributed by atoms with Gasteiger partial charge in [0.05, 0.1) is 32.0 Å². The maximum Gasteiger partial charge on any atom is 0.322 e. The minimum atomic E-state index is -1.73. The van der Waals surface area contributed by atoms with E-state index in [0.29, 0.717) is 29.7 Å². The number of carbonyl (C=O) groups excluding carboxylic acids is 10. The number of phenolic OH excluding ortho intramolecular Hbond substituents is 1. The average Bonchev–Trinajstić information content (AvgIpc) is 4.14. The van der Waals surface area contributed by atoms with Crippen LogP contribution in [-0.2, 0) is 72.0 Å². The van der Waals surface area contributed by atoms with Gasteiger partial charge in [0, 0.05) is 37.7 Å². The molecule has 0 bridgehead atoms. The molecule has 29 nitrogen and oxygen atoms in total. The Hall–Kier alpha value is -8.54. The summed E-state index contributed by atoms with van der Waals surface area (Å²) in [5.74, 6) is -10.7. The first-order valence-corrected chi connectivity index (χ1v) is 25.3. The van der Waals surface area contributed by atoms with Crippen LogP contribution in [0.25, 0.3) is 0 Å². The van der Waals surface area contributed by atoms with Crippen molar-refractivity contribution in [3.8, 4) is 5.75 Å². The third-order valence-corrected chi connectivity index (χ3v) is 12.5. The van der Waals surface area contributed by atoms with Gasteiger partial charge >= 0.3 is 5.97 Å². The van der Waals surface area contributed by atoms with Gasteiger partial charge in [0.1, 0.15) is 60.6 Å². The number of aromatic hydroxyl groups is 1. The number of aliphatic carboxylic acids is 1. The van der Waals surface area contributed by atoms with Gasteiger partial charge < -0.3 is 90.0 Å². The van der Waals surface area contributed by atoms with Crippen molar-refractivity contribution in [2.75, 3.05) is 32.8 Å². The fourth-order valence-corrected chi connectivity index (χ4v) is 8.18. The molecule has 79 heavy (non-hydrogen) atoms. The van der Waals surface area contributed by atoms with Crippen LogP contribution in [0.4, 0.5) is 0 Å². The smallest absolute Gasteiger partial charge is 0.322 e. The number of aliphatic hydroxyl groups is 2. The Kier molecular flexibility index (Phi) is 25.2. The number of benzene rings is 2. The van der Waals surface area contributed by atoms with Gasteiger partial charge in [0.2, 0.25) is 59.1 Å². The number of rotatable bonds is 32. The van der Waals surface area contributed by atoms with Crippen LogP contribution >= 0.6 is 0 Å². The quantitative estimate of drug-likeness (QED) is 0.0259. The van der Waals surface area contributed by atoms with Gasteiger partial charge in [-0.2, -0.15) is 0 Å². The van der Waals surface area contributed by atoms with E-state index in [2.05, 4.69) is 52.5 Å². The molecule has 1 aliphatic rings. The second-order valence-electron chi connectivity index (χ2n) is 18.7. The number of H-pyrrole nitrogens is 1. The summed E-state index contributed by atoms with van der Waals surface area (Å²) in [5, 5.41) is 58.2. The zero-order valence-electron chi connectivity index (χ0n) is 43.4. The number of phenols is 1. The molecule has 4 rings (SSSR count). The van der Waals surface area contributed by atoms with Crippen LogP contribution in [0, 0.1) is 0 Å². The zero-order chi connectivity index (χ0) is 58.2. The summed E-state index contributed by atoms with van der Waals surface area (Å²) in [6, 6.07) is 2.32. The molecule has 1 fully saturated rings. The SMILES string of the molecule is C[C@@H](O)[C@H](N)C(=O)N[C@@H](Cc1cnc[nH]1)C(=O)N[C@@H](Cc1ccccc1)C(=O)N[C@@H](CC(N)=O)C(=O)N[C@@H](CCCCN)C(=O)NCC(=O)N1CCC[C@H]1C(=O)N[C@@H](CO)C(=O)N[C@@H](Cc1ccc(O)cc1)C(=O)NCC(=O)O. The number of hydrogen-bond acceptors (Lipinski definition) is 17. The van der Waals surface area contributed by atoms with E-state index in [1.165, 1.54) is 43.7 Å². The number of carbonyl (C=O) groups is 11. The Morgan fingerprint density at radius 1 is 0.696 bits per heavy atom. The molecule has 0 spiro atoms. The molecule has 1 aliphatic heterocycles. The molecular formula is C50H70N14O15. The first kappa shape index (κ1) is 63.0. The normalized spacial score (nSPS) is 16.0. The molecule has 2 heterocycles. The summed E-state index contributed by atoms with van der Waals surface area (Å²) >= 11 is 0. The molecule has 0 saturated carbocycles. The second-order valence-corrected chi connectivity index (χ2v) is 18.7. The highest BCUT2D eigenvalue weighted by Gasteiger charge is 2.38. The number of primary amides is 1. The fourth-order valence-electron chi connectivity index (χ4n) is 8.18. The van der Waals surface area contributed by atoms with Crippen molar-refractivity contribution in [2.45, 2.75) is 119 Å². The number of aromatic amines is 1. The predicted octanol–water partition coefficient (Wildman–Crippen LogP) is -5.94. The van der Waals surface area contributed by atoms with E-state index in [4.69, 9.17) is 22.3 Å². The average molecular weight is 1110 g/mol. The van der Waals surface area contributed by atoms with Gasteiger partial charge in [-0.3, -0.25) is 52.7 Å². The topological polar surface area (TPSA) is 475 Å². The highest BCUT2D eigenvalue weighted by atomic mass is 16.4. The first-order chi connectivity index (χ1) is 37.6. The van der Waals surface area contributed by atoms with Gasteiger partial charge in [-0.05, 0) is 68.8 Å². The zero-order valence-corrected chi connectivity index (χ0v) is 43.4. The number of imidazole rings is 1. The van der Waals surface area contributed by atoms with Crippen LogP contribution in [0.2, 0.25) is 0 Å². The number of nitrogens with zero attached hydrogens (tertiary/aromatic N) is 2. The first-order valence-electron chi connectivity index (χ1n) is 25.3. The van der Waals surface area contributed by atoms with Crippen molar-refractivity contribution in [3.05, 3.63) is 83.9 Å². The van der Waals surface area contributed by atoms with Crippen molar-refractivity contribution in [3.63, 3.8) is 0 Å². The number of unbranched alkanes of at least 4 members (excludes halogenated alkanes) is 1. The predicted molar refractivity (Wildman–Crippen MR) is 278 cm³/mol. The monoisotopic (exact) mass is 1110 g/mol. The molecule has 1 aromatic heterocycles. The van der Waals surface area contributed by atoms with E-state index in [1.54, 1.807) is 30.3 Å². The Bertz CT molecular complexity index is 2570. The Morgan fingerprint density at radius 3 is 1.82 bits per heavy atom. The number of nitrogens with one attached hydrogen (secondary N) is 9. The molecule has 430 valence electrons.